The Morgan fingerprint density at radius 2 is 2.15 bits per heavy atom. The summed E-state index contributed by atoms with van der Waals surface area (Å²) in [5.41, 5.74) is 5.26. The van der Waals surface area contributed by atoms with E-state index in [1.165, 1.54) is 0 Å². The first-order valence-electron chi connectivity index (χ1n) is 5.30. The van der Waals surface area contributed by atoms with E-state index < -0.39 is 5.60 Å². The van der Waals surface area contributed by atoms with Crippen LogP contribution in [0.4, 0.5) is 0 Å². The molecule has 1 saturated carbocycles. The molecule has 2 aliphatic rings. The minimum absolute atomic E-state index is 0.0415. The molecule has 0 spiro atoms. The van der Waals surface area contributed by atoms with Crippen LogP contribution >= 0.6 is 0 Å². The van der Waals surface area contributed by atoms with Crippen molar-refractivity contribution in [3.63, 3.8) is 0 Å². The first-order valence-corrected chi connectivity index (χ1v) is 5.30. The summed E-state index contributed by atoms with van der Waals surface area (Å²) in [6, 6.07) is 0.201. The second-order valence-corrected chi connectivity index (χ2v) is 4.69. The van der Waals surface area contributed by atoms with Crippen LogP contribution in [-0.4, -0.2) is 29.8 Å². The molecule has 76 valence electrons. The van der Waals surface area contributed by atoms with Crippen LogP contribution in [0.25, 0.3) is 0 Å². The Morgan fingerprint density at radius 3 is 2.62 bits per heavy atom. The van der Waals surface area contributed by atoms with Gasteiger partial charge in [-0.3, -0.25) is 0 Å². The van der Waals surface area contributed by atoms with E-state index in [4.69, 9.17) is 5.73 Å². The lowest BCUT2D eigenvalue weighted by Crippen LogP contribution is -2.60. The van der Waals surface area contributed by atoms with Crippen molar-refractivity contribution in [1.29, 1.82) is 0 Å². The maximum absolute atomic E-state index is 10.6. The van der Waals surface area contributed by atoms with Crippen molar-refractivity contribution in [3.05, 3.63) is 0 Å². The minimum Gasteiger partial charge on any atom is -0.388 e. The molecule has 1 saturated heterocycles. The molecule has 2 rings (SSSR count). The molecular weight excluding hydrogens is 164 g/mol. The monoisotopic (exact) mass is 184 g/mol. The highest BCUT2D eigenvalue weighted by atomic mass is 16.3. The third-order valence-corrected chi connectivity index (χ3v) is 4.06. The predicted octanol–water partition coefficient (Wildman–Crippen LogP) is 0.228. The van der Waals surface area contributed by atoms with Crippen LogP contribution in [0.3, 0.4) is 0 Å². The Morgan fingerprint density at radius 1 is 1.46 bits per heavy atom. The van der Waals surface area contributed by atoms with Crippen LogP contribution in [0.15, 0.2) is 0 Å². The molecule has 0 radical (unpaired) electrons. The second kappa shape index (κ2) is 2.94. The average Bonchev–Trinajstić information content (AvgIpc) is 2.91. The first-order chi connectivity index (χ1) is 6.15. The van der Waals surface area contributed by atoms with Crippen LogP contribution in [-0.2, 0) is 0 Å². The number of piperidine rings is 1. The van der Waals surface area contributed by atoms with E-state index in [9.17, 15) is 5.11 Å². The van der Waals surface area contributed by atoms with Crippen molar-refractivity contribution in [2.24, 2.45) is 11.1 Å². The van der Waals surface area contributed by atoms with Crippen molar-refractivity contribution in [2.75, 3.05) is 13.1 Å². The van der Waals surface area contributed by atoms with Gasteiger partial charge in [-0.1, -0.05) is 0 Å². The third kappa shape index (κ3) is 1.22. The summed E-state index contributed by atoms with van der Waals surface area (Å²) in [4.78, 5) is 0. The lowest BCUT2D eigenvalue weighted by molar-refractivity contribution is -0.0769. The zero-order valence-corrected chi connectivity index (χ0v) is 8.34. The van der Waals surface area contributed by atoms with E-state index in [2.05, 4.69) is 12.2 Å². The minimum atomic E-state index is -0.542. The summed E-state index contributed by atoms with van der Waals surface area (Å²) < 4.78 is 0. The number of hydrogen-bond donors (Lipinski definition) is 3. The summed E-state index contributed by atoms with van der Waals surface area (Å²) >= 11 is 0. The summed E-state index contributed by atoms with van der Waals surface area (Å²) in [5, 5.41) is 13.9. The molecular formula is C10H20N2O. The molecule has 3 heteroatoms. The molecule has 1 heterocycles. The molecule has 13 heavy (non-hydrogen) atoms. The summed E-state index contributed by atoms with van der Waals surface area (Å²) in [6.45, 7) is 3.74. The number of rotatable bonds is 2. The van der Waals surface area contributed by atoms with Crippen LogP contribution < -0.4 is 11.1 Å². The molecule has 2 fully saturated rings. The fourth-order valence-electron chi connectivity index (χ4n) is 2.75. The van der Waals surface area contributed by atoms with Crippen LogP contribution in [0, 0.1) is 5.41 Å². The fourth-order valence-corrected chi connectivity index (χ4v) is 2.75. The summed E-state index contributed by atoms with van der Waals surface area (Å²) in [7, 11) is 0. The molecule has 2 atom stereocenters. The van der Waals surface area contributed by atoms with Crippen molar-refractivity contribution >= 4 is 0 Å². The first kappa shape index (κ1) is 9.44. The van der Waals surface area contributed by atoms with Gasteiger partial charge in [-0.25, -0.2) is 0 Å². The molecule has 2 unspecified atom stereocenters. The van der Waals surface area contributed by atoms with Crippen LogP contribution in [0.2, 0.25) is 0 Å². The van der Waals surface area contributed by atoms with Gasteiger partial charge in [0.05, 0.1) is 5.60 Å². The summed E-state index contributed by atoms with van der Waals surface area (Å²) in [5.74, 6) is 0. The largest absolute Gasteiger partial charge is 0.388 e. The summed E-state index contributed by atoms with van der Waals surface area (Å²) in [6.07, 6.45) is 4.19. The molecule has 1 aliphatic carbocycles. The highest BCUT2D eigenvalue weighted by Gasteiger charge is 2.60. The number of hydrogen-bond acceptors (Lipinski definition) is 3. The maximum atomic E-state index is 10.6. The molecule has 3 nitrogen and oxygen atoms in total. The van der Waals surface area contributed by atoms with E-state index in [0.29, 0.717) is 6.54 Å². The van der Waals surface area contributed by atoms with Gasteiger partial charge in [0.1, 0.15) is 0 Å². The van der Waals surface area contributed by atoms with Gasteiger partial charge in [0, 0.05) is 18.0 Å². The van der Waals surface area contributed by atoms with Crippen molar-refractivity contribution < 1.29 is 5.11 Å². The molecule has 0 aromatic rings. The molecule has 0 aromatic heterocycles. The van der Waals surface area contributed by atoms with Crippen LogP contribution in [0.1, 0.15) is 32.6 Å². The van der Waals surface area contributed by atoms with Gasteiger partial charge in [0.25, 0.3) is 0 Å². The zero-order valence-electron chi connectivity index (χ0n) is 8.34. The Labute approximate surface area is 79.7 Å². The zero-order chi connectivity index (χ0) is 9.53. The van der Waals surface area contributed by atoms with E-state index in [-0.39, 0.29) is 11.5 Å². The van der Waals surface area contributed by atoms with Gasteiger partial charge in [0.2, 0.25) is 0 Å². The smallest absolute Gasteiger partial charge is 0.0865 e. The van der Waals surface area contributed by atoms with Gasteiger partial charge in [-0.15, -0.1) is 0 Å². The topological polar surface area (TPSA) is 58.3 Å². The van der Waals surface area contributed by atoms with Crippen molar-refractivity contribution in [2.45, 2.75) is 44.2 Å². The fraction of sp³-hybridized carbons (Fsp3) is 1.00. The van der Waals surface area contributed by atoms with Gasteiger partial charge in [-0.05, 0) is 39.2 Å². The highest BCUT2D eigenvalue weighted by Crippen LogP contribution is 2.56. The molecule has 4 N–H and O–H groups in total. The highest BCUT2D eigenvalue weighted by molar-refractivity contribution is 5.13. The molecule has 0 bridgehead atoms. The normalized spacial score (nSPS) is 43.2. The quantitative estimate of drug-likeness (QED) is 0.576. The van der Waals surface area contributed by atoms with Crippen LogP contribution in [0.5, 0.6) is 0 Å². The lowest BCUT2D eigenvalue weighted by atomic mass is 9.74. The Balaban J connectivity index is 2.17. The van der Waals surface area contributed by atoms with Gasteiger partial charge < -0.3 is 16.2 Å². The van der Waals surface area contributed by atoms with Gasteiger partial charge in [-0.2, -0.15) is 0 Å². The van der Waals surface area contributed by atoms with Crippen molar-refractivity contribution in [3.8, 4) is 0 Å². The molecule has 1 aliphatic heterocycles. The van der Waals surface area contributed by atoms with E-state index in [1.807, 2.05) is 0 Å². The maximum Gasteiger partial charge on any atom is 0.0865 e. The SMILES string of the molecule is CC1NCCCC1(O)C1(CN)CC1. The Hall–Kier alpha value is -0.120. The number of aliphatic hydroxyl groups is 1. The lowest BCUT2D eigenvalue weighted by Gasteiger charge is -2.44. The van der Waals surface area contributed by atoms with Gasteiger partial charge in [0.15, 0.2) is 0 Å². The molecule has 0 aromatic carbocycles. The average molecular weight is 184 g/mol. The number of nitrogens with two attached hydrogens (primary N) is 1. The van der Waals surface area contributed by atoms with E-state index in [0.717, 1.165) is 32.2 Å². The van der Waals surface area contributed by atoms with Gasteiger partial charge >= 0.3 is 0 Å². The van der Waals surface area contributed by atoms with E-state index >= 15 is 0 Å². The Bertz CT molecular complexity index is 203. The number of nitrogens with one attached hydrogen (secondary N) is 1. The van der Waals surface area contributed by atoms with E-state index in [1.54, 1.807) is 0 Å². The predicted molar refractivity (Wildman–Crippen MR) is 52.4 cm³/mol. The Kier molecular flexibility index (Phi) is 2.13. The standard InChI is InChI=1S/C10H20N2O/c1-8-10(13,3-2-6-12-8)9(7-11)4-5-9/h8,12-13H,2-7,11H2,1H3. The third-order valence-electron chi connectivity index (χ3n) is 4.06. The second-order valence-electron chi connectivity index (χ2n) is 4.69. The molecule has 0 amide bonds. The van der Waals surface area contributed by atoms with Crippen molar-refractivity contribution in [1.82, 2.24) is 5.32 Å².